The third-order valence-corrected chi connectivity index (χ3v) is 6.79. The van der Waals surface area contributed by atoms with Gasteiger partial charge in [-0.2, -0.15) is 0 Å². The van der Waals surface area contributed by atoms with Crippen molar-refractivity contribution in [3.05, 3.63) is 94.6 Å². The fourth-order valence-electron chi connectivity index (χ4n) is 4.41. The van der Waals surface area contributed by atoms with Crippen molar-refractivity contribution in [2.75, 3.05) is 26.1 Å². The van der Waals surface area contributed by atoms with Crippen LogP contribution in [-0.2, 0) is 6.54 Å². The zero-order valence-corrected chi connectivity index (χ0v) is 23.0. The molecule has 1 unspecified atom stereocenters. The molecule has 0 aliphatic rings. The van der Waals surface area contributed by atoms with Crippen LogP contribution in [0.5, 0.6) is 11.5 Å². The maximum Gasteiger partial charge on any atom is 0.254 e. The van der Waals surface area contributed by atoms with Crippen LogP contribution in [0.1, 0.15) is 35.7 Å². The van der Waals surface area contributed by atoms with Gasteiger partial charge in [0.25, 0.3) is 5.91 Å². The Hall–Kier alpha value is -3.58. The van der Waals surface area contributed by atoms with Crippen LogP contribution < -0.4 is 14.8 Å². The number of rotatable bonds is 11. The summed E-state index contributed by atoms with van der Waals surface area (Å²) in [6.45, 7) is 3.24. The molecule has 0 fully saturated rings. The number of nitrogens with zero attached hydrogens (tertiary/aromatic N) is 2. The molecule has 37 heavy (non-hydrogen) atoms. The summed E-state index contributed by atoms with van der Waals surface area (Å²) in [7, 11) is 3.33. The van der Waals surface area contributed by atoms with E-state index in [1.165, 1.54) is 0 Å². The first kappa shape index (κ1) is 26.5. The minimum atomic E-state index is -0.00388. The van der Waals surface area contributed by atoms with E-state index in [4.69, 9.17) is 9.47 Å². The second-order valence-corrected chi connectivity index (χ2v) is 9.90. The highest BCUT2D eigenvalue weighted by Gasteiger charge is 2.19. The monoisotopic (exact) mass is 561 g/mol. The SMILES string of the molecule is COc1cc(NC(C)CCCN(Cc2ccccc2OC)C(=O)c2cccc(Br)c2)c2ncccc2c1. The summed E-state index contributed by atoms with van der Waals surface area (Å²) in [5.41, 5.74) is 3.49. The maximum absolute atomic E-state index is 13.5. The van der Waals surface area contributed by atoms with Crippen LogP contribution in [0.2, 0.25) is 0 Å². The first-order valence-electron chi connectivity index (χ1n) is 12.3. The Balaban J connectivity index is 1.47. The molecule has 1 heterocycles. The minimum Gasteiger partial charge on any atom is -0.497 e. The number of benzene rings is 3. The van der Waals surface area contributed by atoms with Crippen molar-refractivity contribution in [2.45, 2.75) is 32.4 Å². The molecule has 4 aromatic rings. The summed E-state index contributed by atoms with van der Waals surface area (Å²) >= 11 is 3.49. The first-order valence-corrected chi connectivity index (χ1v) is 13.1. The lowest BCUT2D eigenvalue weighted by Crippen LogP contribution is -2.32. The van der Waals surface area contributed by atoms with Crippen LogP contribution in [0, 0.1) is 0 Å². The number of methoxy groups -OCH3 is 2. The summed E-state index contributed by atoms with van der Waals surface area (Å²) in [5, 5.41) is 4.62. The van der Waals surface area contributed by atoms with Crippen molar-refractivity contribution in [3.63, 3.8) is 0 Å². The lowest BCUT2D eigenvalue weighted by Gasteiger charge is -2.25. The van der Waals surface area contributed by atoms with Crippen molar-refractivity contribution >= 4 is 38.4 Å². The van der Waals surface area contributed by atoms with Gasteiger partial charge in [-0.25, -0.2) is 0 Å². The van der Waals surface area contributed by atoms with Crippen LogP contribution in [0.15, 0.2) is 83.5 Å². The number of aromatic nitrogens is 1. The summed E-state index contributed by atoms with van der Waals surface area (Å²) < 4.78 is 11.9. The third-order valence-electron chi connectivity index (χ3n) is 6.29. The Bertz CT molecular complexity index is 1360. The zero-order chi connectivity index (χ0) is 26.2. The fraction of sp³-hybridized carbons (Fsp3) is 0.267. The van der Waals surface area contributed by atoms with Crippen molar-refractivity contribution in [2.24, 2.45) is 0 Å². The van der Waals surface area contributed by atoms with Crippen LogP contribution in [-0.4, -0.2) is 42.6 Å². The summed E-state index contributed by atoms with van der Waals surface area (Å²) in [6.07, 6.45) is 3.51. The van der Waals surface area contributed by atoms with Gasteiger partial charge in [0.1, 0.15) is 11.5 Å². The van der Waals surface area contributed by atoms with E-state index in [2.05, 4.69) is 33.2 Å². The first-order chi connectivity index (χ1) is 18.0. The molecule has 0 aliphatic heterocycles. The van der Waals surface area contributed by atoms with Crippen molar-refractivity contribution in [1.29, 1.82) is 0 Å². The third kappa shape index (κ3) is 6.80. The Labute approximate surface area is 226 Å². The van der Waals surface area contributed by atoms with Gasteiger partial charge in [0.05, 0.1) is 25.4 Å². The average Bonchev–Trinajstić information content (AvgIpc) is 2.92. The van der Waals surface area contributed by atoms with Crippen LogP contribution in [0.25, 0.3) is 10.9 Å². The molecular formula is C30H32BrN3O3. The smallest absolute Gasteiger partial charge is 0.254 e. The number of carbonyl (C=O) groups is 1. The van der Waals surface area contributed by atoms with Gasteiger partial charge in [0.15, 0.2) is 0 Å². The largest absolute Gasteiger partial charge is 0.497 e. The van der Waals surface area contributed by atoms with Crippen LogP contribution in [0.4, 0.5) is 5.69 Å². The molecule has 1 atom stereocenters. The topological polar surface area (TPSA) is 63.7 Å². The molecule has 7 heteroatoms. The van der Waals surface area contributed by atoms with Gasteiger partial charge in [-0.1, -0.05) is 46.3 Å². The predicted molar refractivity (Wildman–Crippen MR) is 152 cm³/mol. The number of pyridine rings is 1. The van der Waals surface area contributed by atoms with Crippen molar-refractivity contribution in [3.8, 4) is 11.5 Å². The standard InChI is InChI=1S/C30H32BrN3O3/c1-21(33-27-19-26(36-2)18-22-12-7-15-32-29(22)27)9-8-16-34(20-24-10-4-5-14-28(24)37-3)30(35)23-11-6-13-25(31)17-23/h4-7,10-15,17-19,21,33H,8-9,16,20H2,1-3H3. The molecule has 0 bridgehead atoms. The highest BCUT2D eigenvalue weighted by atomic mass is 79.9. The maximum atomic E-state index is 13.5. The van der Waals surface area contributed by atoms with Gasteiger partial charge in [0, 0.05) is 52.4 Å². The van der Waals surface area contributed by atoms with Crippen LogP contribution in [0.3, 0.4) is 0 Å². The number of carbonyl (C=O) groups excluding carboxylic acids is 1. The van der Waals surface area contributed by atoms with Gasteiger partial charge < -0.3 is 19.7 Å². The molecule has 3 aromatic carbocycles. The summed E-state index contributed by atoms with van der Waals surface area (Å²) in [6, 6.07) is 23.5. The molecule has 0 radical (unpaired) electrons. The average molecular weight is 563 g/mol. The van der Waals surface area contributed by atoms with Gasteiger partial charge in [-0.05, 0) is 56.2 Å². The number of ether oxygens (including phenoxy) is 2. The second-order valence-electron chi connectivity index (χ2n) is 8.99. The fourth-order valence-corrected chi connectivity index (χ4v) is 4.81. The number of hydrogen-bond acceptors (Lipinski definition) is 5. The number of amides is 1. The Morgan fingerprint density at radius 1 is 1.03 bits per heavy atom. The van der Waals surface area contributed by atoms with E-state index >= 15 is 0 Å². The highest BCUT2D eigenvalue weighted by Crippen LogP contribution is 2.29. The van der Waals surface area contributed by atoms with Gasteiger partial charge >= 0.3 is 0 Å². The molecule has 0 aliphatic carbocycles. The molecule has 0 saturated carbocycles. The Morgan fingerprint density at radius 2 is 1.86 bits per heavy atom. The van der Waals surface area contributed by atoms with Crippen LogP contribution >= 0.6 is 15.9 Å². The van der Waals surface area contributed by atoms with E-state index in [-0.39, 0.29) is 11.9 Å². The van der Waals surface area contributed by atoms with Gasteiger partial charge in [-0.15, -0.1) is 0 Å². The highest BCUT2D eigenvalue weighted by molar-refractivity contribution is 9.10. The number of para-hydroxylation sites is 1. The summed E-state index contributed by atoms with van der Waals surface area (Å²) in [4.78, 5) is 20.0. The lowest BCUT2D eigenvalue weighted by molar-refractivity contribution is 0.0738. The van der Waals surface area contributed by atoms with E-state index in [9.17, 15) is 4.79 Å². The lowest BCUT2D eigenvalue weighted by atomic mass is 10.1. The minimum absolute atomic E-state index is 0.00388. The van der Waals surface area contributed by atoms with Crippen molar-refractivity contribution in [1.82, 2.24) is 9.88 Å². The number of halogens is 1. The van der Waals surface area contributed by atoms with E-state index < -0.39 is 0 Å². The normalized spacial score (nSPS) is 11.7. The van der Waals surface area contributed by atoms with E-state index in [1.807, 2.05) is 77.7 Å². The van der Waals surface area contributed by atoms with E-state index in [1.54, 1.807) is 20.4 Å². The number of fused-ring (bicyclic) bond motifs is 1. The van der Waals surface area contributed by atoms with E-state index in [0.29, 0.717) is 18.7 Å². The van der Waals surface area contributed by atoms with E-state index in [0.717, 1.165) is 51.0 Å². The molecule has 1 aromatic heterocycles. The zero-order valence-electron chi connectivity index (χ0n) is 21.4. The number of anilines is 1. The number of nitrogens with one attached hydrogen (secondary N) is 1. The molecule has 0 spiro atoms. The second kappa shape index (κ2) is 12.6. The Kier molecular flexibility index (Phi) is 9.01. The molecule has 1 N–H and O–H groups in total. The molecule has 192 valence electrons. The Morgan fingerprint density at radius 3 is 2.65 bits per heavy atom. The molecule has 1 amide bonds. The van der Waals surface area contributed by atoms with Gasteiger partial charge in [-0.3, -0.25) is 9.78 Å². The quantitative estimate of drug-likeness (QED) is 0.215. The van der Waals surface area contributed by atoms with Crippen molar-refractivity contribution < 1.29 is 14.3 Å². The van der Waals surface area contributed by atoms with Gasteiger partial charge in [0.2, 0.25) is 0 Å². The molecule has 4 rings (SSSR count). The number of hydrogen-bond donors (Lipinski definition) is 1. The predicted octanol–water partition coefficient (Wildman–Crippen LogP) is 6.94. The molecule has 0 saturated heterocycles. The molecule has 6 nitrogen and oxygen atoms in total. The molecular weight excluding hydrogens is 530 g/mol. The summed E-state index contributed by atoms with van der Waals surface area (Å²) in [5.74, 6) is 1.57.